The van der Waals surface area contributed by atoms with Gasteiger partial charge in [0.15, 0.2) is 0 Å². The Labute approximate surface area is 144 Å². The van der Waals surface area contributed by atoms with Crippen LogP contribution in [-0.2, 0) is 11.2 Å². The molecular weight excluding hydrogens is 349 g/mol. The van der Waals surface area contributed by atoms with Crippen LogP contribution < -0.4 is 10.5 Å². The number of rotatable bonds is 5. The van der Waals surface area contributed by atoms with Crippen molar-refractivity contribution in [1.82, 2.24) is 0 Å². The van der Waals surface area contributed by atoms with E-state index in [0.717, 1.165) is 5.56 Å². The minimum atomic E-state index is -1.04. The molecule has 2 aromatic carbocycles. The van der Waals surface area contributed by atoms with E-state index >= 15 is 0 Å². The minimum absolute atomic E-state index is 0. The molecule has 0 bridgehead atoms. The van der Waals surface area contributed by atoms with Crippen molar-refractivity contribution < 1.29 is 14.6 Å². The van der Waals surface area contributed by atoms with Gasteiger partial charge in [0.25, 0.3) is 0 Å². The fourth-order valence-corrected chi connectivity index (χ4v) is 2.04. The third-order valence-corrected chi connectivity index (χ3v) is 3.54. The number of carboxylic acid groups (broad SMARTS) is 1. The van der Waals surface area contributed by atoms with E-state index in [1.54, 1.807) is 42.5 Å². The Morgan fingerprint density at radius 1 is 1.14 bits per heavy atom. The highest BCUT2D eigenvalue weighted by Crippen LogP contribution is 2.29. The van der Waals surface area contributed by atoms with Gasteiger partial charge in [-0.3, -0.25) is 4.79 Å². The SMILES string of the molecule is Cl.N[C@H](Cc1cccc(Oc2ccc(Cl)c(Cl)c2)c1)C(=O)O. The molecule has 118 valence electrons. The van der Waals surface area contributed by atoms with Crippen LogP contribution >= 0.6 is 35.6 Å². The van der Waals surface area contributed by atoms with Gasteiger partial charge < -0.3 is 15.6 Å². The molecule has 0 aliphatic carbocycles. The Morgan fingerprint density at radius 3 is 2.45 bits per heavy atom. The van der Waals surface area contributed by atoms with E-state index in [2.05, 4.69) is 0 Å². The number of halogens is 3. The average Bonchev–Trinajstić information content (AvgIpc) is 2.43. The number of carboxylic acids is 1. The van der Waals surface area contributed by atoms with Crippen LogP contribution in [0.1, 0.15) is 5.56 Å². The molecule has 3 N–H and O–H groups in total. The minimum Gasteiger partial charge on any atom is -0.480 e. The maximum Gasteiger partial charge on any atom is 0.320 e. The zero-order valence-corrected chi connectivity index (χ0v) is 13.7. The Hall–Kier alpha value is -1.46. The number of aliphatic carboxylic acids is 1. The van der Waals surface area contributed by atoms with Crippen LogP contribution in [0.3, 0.4) is 0 Å². The number of hydrogen-bond donors (Lipinski definition) is 2. The Balaban J connectivity index is 0.00000242. The van der Waals surface area contributed by atoms with Crippen LogP contribution in [0.25, 0.3) is 0 Å². The quantitative estimate of drug-likeness (QED) is 0.837. The first kappa shape index (κ1) is 18.6. The molecule has 0 spiro atoms. The van der Waals surface area contributed by atoms with E-state index in [4.69, 9.17) is 38.8 Å². The third-order valence-electron chi connectivity index (χ3n) is 2.80. The van der Waals surface area contributed by atoms with Gasteiger partial charge >= 0.3 is 5.97 Å². The van der Waals surface area contributed by atoms with Crippen molar-refractivity contribution in [3.63, 3.8) is 0 Å². The van der Waals surface area contributed by atoms with Crippen molar-refractivity contribution >= 4 is 41.6 Å². The Morgan fingerprint density at radius 2 is 1.82 bits per heavy atom. The van der Waals surface area contributed by atoms with Gasteiger partial charge in [0.1, 0.15) is 17.5 Å². The summed E-state index contributed by atoms with van der Waals surface area (Å²) in [7, 11) is 0. The summed E-state index contributed by atoms with van der Waals surface area (Å²) in [5, 5.41) is 9.67. The standard InChI is InChI=1S/C15H13Cl2NO3.ClH/c16-12-5-4-11(8-13(12)17)21-10-3-1-2-9(6-10)7-14(18)15(19)20;/h1-6,8,14H,7,18H2,(H,19,20);1H/t14-;/m1./s1. The lowest BCUT2D eigenvalue weighted by molar-refractivity contribution is -0.138. The zero-order chi connectivity index (χ0) is 15.4. The van der Waals surface area contributed by atoms with Crippen LogP contribution in [0.4, 0.5) is 0 Å². The van der Waals surface area contributed by atoms with Gasteiger partial charge in [-0.2, -0.15) is 0 Å². The monoisotopic (exact) mass is 361 g/mol. The van der Waals surface area contributed by atoms with Crippen LogP contribution in [0.5, 0.6) is 11.5 Å². The van der Waals surface area contributed by atoms with Gasteiger partial charge in [0, 0.05) is 6.07 Å². The summed E-state index contributed by atoms with van der Waals surface area (Å²) < 4.78 is 5.67. The maximum atomic E-state index is 10.8. The van der Waals surface area contributed by atoms with E-state index < -0.39 is 12.0 Å². The molecule has 2 rings (SSSR count). The van der Waals surface area contributed by atoms with Crippen molar-refractivity contribution in [1.29, 1.82) is 0 Å². The van der Waals surface area contributed by atoms with Crippen LogP contribution in [-0.4, -0.2) is 17.1 Å². The Kier molecular flexibility index (Phi) is 6.97. The van der Waals surface area contributed by atoms with Gasteiger partial charge in [0.2, 0.25) is 0 Å². The highest BCUT2D eigenvalue weighted by Gasteiger charge is 2.12. The molecule has 0 heterocycles. The fraction of sp³-hybridized carbons (Fsp3) is 0.133. The second-order valence-corrected chi connectivity index (χ2v) is 5.29. The second-order valence-electron chi connectivity index (χ2n) is 4.47. The van der Waals surface area contributed by atoms with Crippen LogP contribution in [0.15, 0.2) is 42.5 Å². The number of hydrogen-bond acceptors (Lipinski definition) is 3. The van der Waals surface area contributed by atoms with Crippen molar-refractivity contribution in [2.75, 3.05) is 0 Å². The first-order valence-corrected chi connectivity index (χ1v) is 6.91. The molecule has 4 nitrogen and oxygen atoms in total. The van der Waals surface area contributed by atoms with Crippen molar-refractivity contribution in [3.8, 4) is 11.5 Å². The Bertz CT molecular complexity index is 664. The summed E-state index contributed by atoms with van der Waals surface area (Å²) in [6.45, 7) is 0. The molecule has 0 amide bonds. The zero-order valence-electron chi connectivity index (χ0n) is 11.3. The molecule has 22 heavy (non-hydrogen) atoms. The largest absolute Gasteiger partial charge is 0.480 e. The molecule has 0 saturated heterocycles. The van der Waals surface area contributed by atoms with Crippen molar-refractivity contribution in [2.24, 2.45) is 5.73 Å². The number of ether oxygens (including phenoxy) is 1. The lowest BCUT2D eigenvalue weighted by Crippen LogP contribution is -2.32. The molecule has 2 aromatic rings. The van der Waals surface area contributed by atoms with Crippen molar-refractivity contribution in [2.45, 2.75) is 12.5 Å². The lowest BCUT2D eigenvalue weighted by Gasteiger charge is -2.10. The number of benzene rings is 2. The first-order chi connectivity index (χ1) is 9.95. The van der Waals surface area contributed by atoms with Crippen LogP contribution in [0.2, 0.25) is 10.0 Å². The molecular formula is C15H14Cl3NO3. The molecule has 0 saturated carbocycles. The molecule has 0 radical (unpaired) electrons. The number of carbonyl (C=O) groups is 1. The summed E-state index contributed by atoms with van der Waals surface area (Å²) in [5.41, 5.74) is 6.30. The smallest absolute Gasteiger partial charge is 0.320 e. The molecule has 0 aromatic heterocycles. The number of nitrogens with two attached hydrogens (primary N) is 1. The molecule has 0 fully saturated rings. The van der Waals surface area contributed by atoms with Crippen LogP contribution in [0, 0.1) is 0 Å². The molecule has 7 heteroatoms. The van der Waals surface area contributed by atoms with Gasteiger partial charge in [-0.25, -0.2) is 0 Å². The molecule has 1 atom stereocenters. The normalized spacial score (nSPS) is 11.4. The molecule has 0 unspecified atom stereocenters. The summed E-state index contributed by atoms with van der Waals surface area (Å²) in [6.07, 6.45) is 0.230. The summed E-state index contributed by atoms with van der Waals surface area (Å²) in [5.74, 6) is 0.0818. The van der Waals surface area contributed by atoms with E-state index in [1.165, 1.54) is 0 Å². The van der Waals surface area contributed by atoms with E-state index in [9.17, 15) is 4.79 Å². The molecule has 0 aliphatic rings. The highest BCUT2D eigenvalue weighted by atomic mass is 35.5. The maximum absolute atomic E-state index is 10.8. The summed E-state index contributed by atoms with van der Waals surface area (Å²) >= 11 is 11.8. The fourth-order valence-electron chi connectivity index (χ4n) is 1.75. The predicted octanol–water partition coefficient (Wildman–Crippen LogP) is 4.16. The second kappa shape index (κ2) is 8.25. The van der Waals surface area contributed by atoms with Gasteiger partial charge in [-0.05, 0) is 36.2 Å². The predicted molar refractivity (Wildman–Crippen MR) is 89.5 cm³/mol. The van der Waals surface area contributed by atoms with E-state index in [0.29, 0.717) is 21.5 Å². The van der Waals surface area contributed by atoms with E-state index in [1.807, 2.05) is 0 Å². The first-order valence-electron chi connectivity index (χ1n) is 6.16. The van der Waals surface area contributed by atoms with Gasteiger partial charge in [0.05, 0.1) is 10.0 Å². The van der Waals surface area contributed by atoms with Crippen molar-refractivity contribution in [3.05, 3.63) is 58.1 Å². The topological polar surface area (TPSA) is 72.5 Å². The van der Waals surface area contributed by atoms with Gasteiger partial charge in [-0.15, -0.1) is 12.4 Å². The van der Waals surface area contributed by atoms with E-state index in [-0.39, 0.29) is 18.8 Å². The summed E-state index contributed by atoms with van der Waals surface area (Å²) in [6, 6.07) is 11.1. The van der Waals surface area contributed by atoms with Gasteiger partial charge in [-0.1, -0.05) is 35.3 Å². The summed E-state index contributed by atoms with van der Waals surface area (Å²) in [4.78, 5) is 10.8. The average molecular weight is 363 g/mol. The third kappa shape index (κ3) is 5.07. The lowest BCUT2D eigenvalue weighted by atomic mass is 10.1. The highest BCUT2D eigenvalue weighted by molar-refractivity contribution is 6.42. The molecule has 0 aliphatic heterocycles.